The molecule has 0 bridgehead atoms. The molecule has 0 amide bonds. The molecule has 2 heterocycles. The number of ether oxygens (including phenoxy) is 1. The minimum absolute atomic E-state index is 0.0594. The Kier molecular flexibility index (Phi) is 5.11. The highest BCUT2D eigenvalue weighted by molar-refractivity contribution is 5.59. The minimum atomic E-state index is -4.46. The van der Waals surface area contributed by atoms with Crippen LogP contribution in [0.2, 0.25) is 0 Å². The van der Waals surface area contributed by atoms with Crippen LogP contribution >= 0.6 is 0 Å². The number of alkyl halides is 3. The third-order valence-electron chi connectivity index (χ3n) is 2.82. The molecule has 0 aromatic carbocycles. The number of halogens is 3. The molecule has 24 heavy (non-hydrogen) atoms. The lowest BCUT2D eigenvalue weighted by molar-refractivity contribution is -0.384. The van der Waals surface area contributed by atoms with E-state index in [-0.39, 0.29) is 23.9 Å². The Bertz CT molecular complexity index is 722. The van der Waals surface area contributed by atoms with E-state index in [2.05, 4.69) is 25.2 Å². The number of aryl methyl sites for hydroxylation is 1. The Morgan fingerprint density at radius 3 is 2.62 bits per heavy atom. The number of anilines is 1. The standard InChI is InChI=1S/C13H12F3N5O3/c1-8-4-5-17-12(11(8)21(22)23)18-6-9-2-3-10(20-19-9)24-7-13(14,15)16/h2-5H,6-7H2,1H3,(H,17,18). The van der Waals surface area contributed by atoms with Crippen molar-refractivity contribution in [2.75, 3.05) is 11.9 Å². The molecule has 2 aromatic rings. The molecule has 8 nitrogen and oxygen atoms in total. The van der Waals surface area contributed by atoms with Gasteiger partial charge in [0.2, 0.25) is 11.7 Å². The van der Waals surface area contributed by atoms with Crippen LogP contribution < -0.4 is 10.1 Å². The Balaban J connectivity index is 2.01. The maximum atomic E-state index is 12.0. The number of nitrogens with zero attached hydrogens (tertiary/aromatic N) is 4. The second-order valence-corrected chi connectivity index (χ2v) is 4.70. The van der Waals surface area contributed by atoms with Crippen LogP contribution in [0.1, 0.15) is 11.3 Å². The maximum absolute atomic E-state index is 12.0. The van der Waals surface area contributed by atoms with Crippen LogP contribution in [0.4, 0.5) is 24.7 Å². The van der Waals surface area contributed by atoms with Gasteiger partial charge < -0.3 is 10.1 Å². The fraction of sp³-hybridized carbons (Fsp3) is 0.308. The Morgan fingerprint density at radius 2 is 2.04 bits per heavy atom. The lowest BCUT2D eigenvalue weighted by Crippen LogP contribution is -2.19. The molecule has 0 unspecified atom stereocenters. The van der Waals surface area contributed by atoms with Gasteiger partial charge in [0.25, 0.3) is 0 Å². The summed E-state index contributed by atoms with van der Waals surface area (Å²) in [6, 6.07) is 4.14. The van der Waals surface area contributed by atoms with Gasteiger partial charge in [-0.05, 0) is 19.1 Å². The molecule has 11 heteroatoms. The Morgan fingerprint density at radius 1 is 1.29 bits per heavy atom. The smallest absolute Gasteiger partial charge is 0.422 e. The van der Waals surface area contributed by atoms with Crippen LogP contribution in [0.15, 0.2) is 24.4 Å². The highest BCUT2D eigenvalue weighted by atomic mass is 19.4. The van der Waals surface area contributed by atoms with Crippen LogP contribution in [0.25, 0.3) is 0 Å². The van der Waals surface area contributed by atoms with Crippen molar-refractivity contribution in [1.29, 1.82) is 0 Å². The number of nitrogens with one attached hydrogen (secondary N) is 1. The molecule has 0 saturated carbocycles. The molecule has 0 radical (unpaired) electrons. The first kappa shape index (κ1) is 17.4. The molecular formula is C13H12F3N5O3. The van der Waals surface area contributed by atoms with Gasteiger partial charge in [0, 0.05) is 17.8 Å². The highest BCUT2D eigenvalue weighted by Crippen LogP contribution is 2.25. The van der Waals surface area contributed by atoms with Crippen molar-refractivity contribution in [1.82, 2.24) is 15.2 Å². The number of rotatable bonds is 6. The van der Waals surface area contributed by atoms with Gasteiger partial charge in [-0.15, -0.1) is 5.10 Å². The van der Waals surface area contributed by atoms with E-state index in [0.717, 1.165) is 0 Å². The molecule has 0 spiro atoms. The third-order valence-corrected chi connectivity index (χ3v) is 2.82. The number of hydrogen-bond acceptors (Lipinski definition) is 7. The monoisotopic (exact) mass is 343 g/mol. The average Bonchev–Trinajstić information content (AvgIpc) is 2.51. The minimum Gasteiger partial charge on any atom is -0.467 e. The van der Waals surface area contributed by atoms with E-state index < -0.39 is 17.7 Å². The average molecular weight is 343 g/mol. The van der Waals surface area contributed by atoms with Crippen molar-refractivity contribution in [2.24, 2.45) is 0 Å². The molecular weight excluding hydrogens is 331 g/mol. The lowest BCUT2D eigenvalue weighted by atomic mass is 10.2. The second kappa shape index (κ2) is 7.06. The summed E-state index contributed by atoms with van der Waals surface area (Å²) in [7, 11) is 0. The number of pyridine rings is 1. The predicted molar refractivity (Wildman–Crippen MR) is 76.5 cm³/mol. The zero-order valence-electron chi connectivity index (χ0n) is 12.4. The molecule has 128 valence electrons. The number of aromatic nitrogens is 3. The summed E-state index contributed by atoms with van der Waals surface area (Å²) in [6.07, 6.45) is -3.04. The van der Waals surface area contributed by atoms with E-state index in [1.54, 1.807) is 6.92 Å². The first-order chi connectivity index (χ1) is 11.3. The van der Waals surface area contributed by atoms with Crippen LogP contribution in [0.3, 0.4) is 0 Å². The molecule has 0 fully saturated rings. The highest BCUT2D eigenvalue weighted by Gasteiger charge is 2.28. The van der Waals surface area contributed by atoms with Gasteiger partial charge in [-0.3, -0.25) is 10.1 Å². The zero-order chi connectivity index (χ0) is 17.7. The molecule has 0 aliphatic heterocycles. The van der Waals surface area contributed by atoms with Gasteiger partial charge in [-0.1, -0.05) is 0 Å². The summed E-state index contributed by atoms with van der Waals surface area (Å²) < 4.78 is 40.5. The van der Waals surface area contributed by atoms with Gasteiger partial charge in [-0.2, -0.15) is 18.3 Å². The van der Waals surface area contributed by atoms with Crippen molar-refractivity contribution >= 4 is 11.5 Å². The summed E-state index contributed by atoms with van der Waals surface area (Å²) in [6.45, 7) is 0.181. The molecule has 0 aliphatic rings. The van der Waals surface area contributed by atoms with Gasteiger partial charge in [0.15, 0.2) is 6.61 Å². The first-order valence-corrected chi connectivity index (χ1v) is 6.62. The van der Waals surface area contributed by atoms with Crippen LogP contribution in [0.5, 0.6) is 5.88 Å². The normalized spacial score (nSPS) is 11.2. The third kappa shape index (κ3) is 4.76. The van der Waals surface area contributed by atoms with Crippen molar-refractivity contribution in [3.05, 3.63) is 45.8 Å². The SMILES string of the molecule is Cc1ccnc(NCc2ccc(OCC(F)(F)F)nn2)c1[N+](=O)[O-]. The summed E-state index contributed by atoms with van der Waals surface area (Å²) in [5.41, 5.74) is 0.641. The largest absolute Gasteiger partial charge is 0.467 e. The van der Waals surface area contributed by atoms with Gasteiger partial charge in [-0.25, -0.2) is 4.98 Å². The second-order valence-electron chi connectivity index (χ2n) is 4.70. The molecule has 2 aromatic heterocycles. The van der Waals surface area contributed by atoms with Crippen molar-refractivity contribution in [3.8, 4) is 5.88 Å². The van der Waals surface area contributed by atoms with Crippen LogP contribution in [-0.2, 0) is 6.54 Å². The van der Waals surface area contributed by atoms with E-state index in [9.17, 15) is 23.3 Å². The van der Waals surface area contributed by atoms with Gasteiger partial charge >= 0.3 is 11.9 Å². The molecule has 0 aliphatic carbocycles. The van der Waals surface area contributed by atoms with E-state index in [1.165, 1.54) is 24.4 Å². The van der Waals surface area contributed by atoms with E-state index in [1.807, 2.05) is 0 Å². The lowest BCUT2D eigenvalue weighted by Gasteiger charge is -2.09. The Labute approximate surface area is 133 Å². The van der Waals surface area contributed by atoms with E-state index in [4.69, 9.17) is 0 Å². The zero-order valence-corrected chi connectivity index (χ0v) is 12.4. The van der Waals surface area contributed by atoms with E-state index >= 15 is 0 Å². The quantitative estimate of drug-likeness (QED) is 0.635. The van der Waals surface area contributed by atoms with E-state index in [0.29, 0.717) is 11.3 Å². The number of nitro groups is 1. The summed E-state index contributed by atoms with van der Waals surface area (Å²) in [5, 5.41) is 21.0. The molecule has 1 N–H and O–H groups in total. The predicted octanol–water partition coefficient (Wildman–Crippen LogP) is 2.64. The fourth-order valence-corrected chi connectivity index (χ4v) is 1.76. The molecule has 0 saturated heterocycles. The maximum Gasteiger partial charge on any atom is 0.422 e. The summed E-state index contributed by atoms with van der Waals surface area (Å²) in [5.74, 6) is -0.199. The van der Waals surface area contributed by atoms with Crippen LogP contribution in [0, 0.1) is 17.0 Å². The van der Waals surface area contributed by atoms with Gasteiger partial charge in [0.05, 0.1) is 17.2 Å². The number of hydrogen-bond donors (Lipinski definition) is 1. The summed E-state index contributed by atoms with van der Waals surface area (Å²) >= 11 is 0. The fourth-order valence-electron chi connectivity index (χ4n) is 1.76. The summed E-state index contributed by atoms with van der Waals surface area (Å²) in [4.78, 5) is 14.4. The topological polar surface area (TPSA) is 103 Å². The van der Waals surface area contributed by atoms with Crippen molar-refractivity contribution < 1.29 is 22.8 Å². The first-order valence-electron chi connectivity index (χ1n) is 6.62. The Hall–Kier alpha value is -2.98. The molecule has 2 rings (SSSR count). The van der Waals surface area contributed by atoms with Crippen LogP contribution in [-0.4, -0.2) is 32.9 Å². The molecule has 0 atom stereocenters. The van der Waals surface area contributed by atoms with Crippen molar-refractivity contribution in [2.45, 2.75) is 19.6 Å². The van der Waals surface area contributed by atoms with Gasteiger partial charge in [0.1, 0.15) is 0 Å². The van der Waals surface area contributed by atoms with Crippen molar-refractivity contribution in [3.63, 3.8) is 0 Å².